The van der Waals surface area contributed by atoms with Crippen molar-refractivity contribution >= 4 is 22.0 Å². The van der Waals surface area contributed by atoms with E-state index in [1.807, 2.05) is 32.9 Å². The van der Waals surface area contributed by atoms with Gasteiger partial charge in [-0.3, -0.25) is 4.98 Å². The first-order valence-corrected chi connectivity index (χ1v) is 8.70. The van der Waals surface area contributed by atoms with Crippen molar-refractivity contribution in [3.63, 3.8) is 0 Å². The van der Waals surface area contributed by atoms with Crippen LogP contribution >= 0.6 is 15.9 Å². The summed E-state index contributed by atoms with van der Waals surface area (Å²) < 4.78 is 17.8. The van der Waals surface area contributed by atoms with Gasteiger partial charge in [0, 0.05) is 44.4 Å². The standard InChI is InChI=1S/C17H25BrN2O4/c1-16(2,3)24-15(21)20-9-8-17(22-4,23-5)13(11-20)14-7-6-12(18)10-19-14/h6-7,10,13H,8-9,11H2,1-5H3. The molecule has 1 fully saturated rings. The fraction of sp³-hybridized carbons (Fsp3) is 0.647. The summed E-state index contributed by atoms with van der Waals surface area (Å²) in [6.45, 7) is 6.50. The number of methoxy groups -OCH3 is 2. The number of piperidine rings is 1. The first-order valence-electron chi connectivity index (χ1n) is 7.90. The Hall–Kier alpha value is -1.18. The first kappa shape index (κ1) is 19.1. The van der Waals surface area contributed by atoms with E-state index in [-0.39, 0.29) is 12.0 Å². The summed E-state index contributed by atoms with van der Waals surface area (Å²) in [5.41, 5.74) is 0.287. The van der Waals surface area contributed by atoms with Crippen LogP contribution in [0.2, 0.25) is 0 Å². The molecular formula is C17H25BrN2O4. The van der Waals surface area contributed by atoms with E-state index in [4.69, 9.17) is 14.2 Å². The molecule has 2 rings (SSSR count). The maximum absolute atomic E-state index is 12.4. The normalized spacial score (nSPS) is 20.8. The fourth-order valence-electron chi connectivity index (χ4n) is 2.89. The van der Waals surface area contributed by atoms with Gasteiger partial charge < -0.3 is 19.1 Å². The van der Waals surface area contributed by atoms with Gasteiger partial charge in [-0.15, -0.1) is 0 Å². The van der Waals surface area contributed by atoms with Crippen molar-refractivity contribution in [1.29, 1.82) is 0 Å². The molecule has 1 aromatic rings. The van der Waals surface area contributed by atoms with Crippen LogP contribution in [-0.4, -0.2) is 54.7 Å². The zero-order chi connectivity index (χ0) is 18.0. The Morgan fingerprint density at radius 2 is 2.00 bits per heavy atom. The monoisotopic (exact) mass is 400 g/mol. The van der Waals surface area contributed by atoms with Crippen molar-refractivity contribution in [3.8, 4) is 0 Å². The second-order valence-corrected chi connectivity index (χ2v) is 7.77. The van der Waals surface area contributed by atoms with E-state index in [9.17, 15) is 4.79 Å². The number of carbonyl (C=O) groups is 1. The van der Waals surface area contributed by atoms with Crippen LogP contribution in [0.3, 0.4) is 0 Å². The lowest BCUT2D eigenvalue weighted by Crippen LogP contribution is -2.55. The number of nitrogens with zero attached hydrogens (tertiary/aromatic N) is 2. The van der Waals surface area contributed by atoms with Crippen LogP contribution in [0.4, 0.5) is 4.79 Å². The van der Waals surface area contributed by atoms with E-state index in [0.29, 0.717) is 19.5 Å². The molecule has 1 saturated heterocycles. The molecule has 0 bridgehead atoms. The van der Waals surface area contributed by atoms with Crippen LogP contribution in [-0.2, 0) is 14.2 Å². The minimum Gasteiger partial charge on any atom is -0.444 e. The number of hydrogen-bond acceptors (Lipinski definition) is 5. The highest BCUT2D eigenvalue weighted by Gasteiger charge is 2.47. The fourth-order valence-corrected chi connectivity index (χ4v) is 3.13. The Kier molecular flexibility index (Phi) is 5.88. The van der Waals surface area contributed by atoms with Gasteiger partial charge in [-0.2, -0.15) is 0 Å². The smallest absolute Gasteiger partial charge is 0.410 e. The Balaban J connectivity index is 2.26. The predicted octanol–water partition coefficient (Wildman–Crippen LogP) is 3.56. The molecule has 1 aromatic heterocycles. The van der Waals surface area contributed by atoms with Gasteiger partial charge in [0.1, 0.15) is 5.60 Å². The minimum atomic E-state index is -0.806. The highest BCUT2D eigenvalue weighted by atomic mass is 79.9. The van der Waals surface area contributed by atoms with Crippen LogP contribution in [0.25, 0.3) is 0 Å². The highest BCUT2D eigenvalue weighted by molar-refractivity contribution is 9.10. The van der Waals surface area contributed by atoms with Gasteiger partial charge >= 0.3 is 6.09 Å². The van der Waals surface area contributed by atoms with Crippen LogP contribution in [0.5, 0.6) is 0 Å². The number of aromatic nitrogens is 1. The van der Waals surface area contributed by atoms with Gasteiger partial charge in [-0.1, -0.05) is 0 Å². The Morgan fingerprint density at radius 1 is 1.33 bits per heavy atom. The van der Waals surface area contributed by atoms with Gasteiger partial charge in [-0.05, 0) is 48.8 Å². The first-order chi connectivity index (χ1) is 11.2. The molecule has 0 spiro atoms. The van der Waals surface area contributed by atoms with Crippen molar-refractivity contribution in [2.75, 3.05) is 27.3 Å². The minimum absolute atomic E-state index is 0.207. The molecule has 134 valence electrons. The van der Waals surface area contributed by atoms with Crippen LogP contribution < -0.4 is 0 Å². The molecule has 1 atom stereocenters. The molecule has 1 aliphatic heterocycles. The second kappa shape index (κ2) is 7.37. The molecule has 0 saturated carbocycles. The molecule has 0 aromatic carbocycles. The van der Waals surface area contributed by atoms with E-state index >= 15 is 0 Å². The Morgan fingerprint density at radius 3 is 2.50 bits per heavy atom. The summed E-state index contributed by atoms with van der Waals surface area (Å²) in [4.78, 5) is 18.6. The van der Waals surface area contributed by atoms with Gasteiger partial charge in [0.05, 0.1) is 11.6 Å². The topological polar surface area (TPSA) is 60.9 Å². The molecule has 24 heavy (non-hydrogen) atoms. The maximum atomic E-state index is 12.4. The SMILES string of the molecule is COC1(OC)CCN(C(=O)OC(C)(C)C)CC1c1ccc(Br)cn1. The summed E-state index contributed by atoms with van der Waals surface area (Å²) in [6.07, 6.45) is 1.95. The quantitative estimate of drug-likeness (QED) is 0.725. The number of carbonyl (C=O) groups excluding carboxylic acids is 1. The largest absolute Gasteiger partial charge is 0.444 e. The van der Waals surface area contributed by atoms with E-state index < -0.39 is 11.4 Å². The summed E-state index contributed by atoms with van der Waals surface area (Å²) >= 11 is 3.39. The zero-order valence-corrected chi connectivity index (χ0v) is 16.4. The second-order valence-electron chi connectivity index (χ2n) is 6.85. The third kappa shape index (κ3) is 4.26. The number of ether oxygens (including phenoxy) is 3. The van der Waals surface area contributed by atoms with Crippen molar-refractivity contribution in [2.45, 2.75) is 44.5 Å². The average molecular weight is 401 g/mol. The summed E-state index contributed by atoms with van der Waals surface area (Å²) in [5, 5.41) is 0. The zero-order valence-electron chi connectivity index (χ0n) is 14.8. The Bertz CT molecular complexity index is 567. The van der Waals surface area contributed by atoms with Crippen molar-refractivity contribution in [3.05, 3.63) is 28.5 Å². The third-order valence-electron chi connectivity index (χ3n) is 4.11. The molecule has 0 radical (unpaired) electrons. The highest BCUT2D eigenvalue weighted by Crippen LogP contribution is 2.39. The third-order valence-corrected chi connectivity index (χ3v) is 4.58. The number of rotatable bonds is 3. The van der Waals surface area contributed by atoms with E-state index in [2.05, 4.69) is 20.9 Å². The molecule has 0 aliphatic carbocycles. The van der Waals surface area contributed by atoms with Crippen molar-refractivity contribution in [2.24, 2.45) is 0 Å². The maximum Gasteiger partial charge on any atom is 0.410 e. The molecule has 0 N–H and O–H groups in total. The van der Waals surface area contributed by atoms with Crippen molar-refractivity contribution < 1.29 is 19.0 Å². The summed E-state index contributed by atoms with van der Waals surface area (Å²) in [7, 11) is 3.25. The molecule has 1 aliphatic rings. The molecule has 1 amide bonds. The number of hydrogen-bond donors (Lipinski definition) is 0. The van der Waals surface area contributed by atoms with E-state index in [1.54, 1.807) is 25.3 Å². The number of likely N-dealkylation sites (tertiary alicyclic amines) is 1. The van der Waals surface area contributed by atoms with Crippen LogP contribution in [0.15, 0.2) is 22.8 Å². The lowest BCUT2D eigenvalue weighted by atomic mass is 9.87. The van der Waals surface area contributed by atoms with Gasteiger partial charge in [-0.25, -0.2) is 4.79 Å². The molecule has 1 unspecified atom stereocenters. The van der Waals surface area contributed by atoms with Gasteiger partial charge in [0.15, 0.2) is 5.79 Å². The Labute approximate surface area is 151 Å². The lowest BCUT2D eigenvalue weighted by molar-refractivity contribution is -0.240. The molecule has 6 nitrogen and oxygen atoms in total. The predicted molar refractivity (Wildman–Crippen MR) is 93.9 cm³/mol. The van der Waals surface area contributed by atoms with E-state index in [0.717, 1.165) is 10.2 Å². The van der Waals surface area contributed by atoms with E-state index in [1.165, 1.54) is 0 Å². The van der Waals surface area contributed by atoms with Crippen molar-refractivity contribution in [1.82, 2.24) is 9.88 Å². The number of halogens is 1. The van der Waals surface area contributed by atoms with Gasteiger partial charge in [0.2, 0.25) is 0 Å². The number of amides is 1. The van der Waals surface area contributed by atoms with Crippen LogP contribution in [0.1, 0.15) is 38.8 Å². The lowest BCUT2D eigenvalue weighted by Gasteiger charge is -2.45. The summed E-state index contributed by atoms with van der Waals surface area (Å²) in [5.74, 6) is -1.01. The molecule has 2 heterocycles. The molecule has 7 heteroatoms. The number of pyridine rings is 1. The van der Waals surface area contributed by atoms with Gasteiger partial charge in [0.25, 0.3) is 0 Å². The average Bonchev–Trinajstić information content (AvgIpc) is 2.53. The summed E-state index contributed by atoms with van der Waals surface area (Å²) in [6, 6.07) is 3.84. The van der Waals surface area contributed by atoms with Crippen LogP contribution in [0, 0.1) is 0 Å². The molecular weight excluding hydrogens is 376 g/mol.